The molecule has 1 aliphatic rings. The summed E-state index contributed by atoms with van der Waals surface area (Å²) in [5, 5.41) is 14.1. The zero-order valence-electron chi connectivity index (χ0n) is 11.5. The van der Waals surface area contributed by atoms with Crippen LogP contribution in [0.3, 0.4) is 0 Å². The van der Waals surface area contributed by atoms with Crippen molar-refractivity contribution in [2.75, 3.05) is 0 Å². The Kier molecular flexibility index (Phi) is 4.01. The van der Waals surface area contributed by atoms with Gasteiger partial charge in [-0.3, -0.25) is 10.4 Å². The van der Waals surface area contributed by atoms with Gasteiger partial charge in [0.1, 0.15) is 11.9 Å². The minimum atomic E-state index is -1.72. The van der Waals surface area contributed by atoms with Gasteiger partial charge in [-0.1, -0.05) is 0 Å². The normalized spacial score (nSPS) is 21.8. The highest BCUT2D eigenvalue weighted by atomic mass is 19.2. The van der Waals surface area contributed by atoms with Crippen LogP contribution in [0.15, 0.2) is 18.3 Å². The summed E-state index contributed by atoms with van der Waals surface area (Å²) in [6, 6.07) is 3.53. The predicted octanol–water partition coefficient (Wildman–Crippen LogP) is 3.06. The third kappa shape index (κ3) is 3.76. The SMILES string of the molecule is CC(C)(F)Oc1ccc(C2CC(OC(=N)C=N)C2)nc1. The predicted molar refractivity (Wildman–Crippen MR) is 73.4 cm³/mol. The van der Waals surface area contributed by atoms with Gasteiger partial charge in [0.05, 0.1) is 12.4 Å². The molecule has 1 aromatic rings. The molecule has 1 saturated carbocycles. The summed E-state index contributed by atoms with van der Waals surface area (Å²) in [6.45, 7) is 2.68. The van der Waals surface area contributed by atoms with Gasteiger partial charge in [-0.15, -0.1) is 0 Å². The van der Waals surface area contributed by atoms with E-state index < -0.39 is 5.85 Å². The van der Waals surface area contributed by atoms with E-state index in [0.29, 0.717) is 5.75 Å². The minimum Gasteiger partial charge on any atom is -0.474 e. The first-order chi connectivity index (χ1) is 9.37. The van der Waals surface area contributed by atoms with E-state index in [-0.39, 0.29) is 17.9 Å². The maximum atomic E-state index is 13.3. The van der Waals surface area contributed by atoms with E-state index in [1.54, 1.807) is 6.07 Å². The van der Waals surface area contributed by atoms with Crippen LogP contribution in [-0.4, -0.2) is 29.1 Å². The lowest BCUT2D eigenvalue weighted by atomic mass is 9.80. The second-order valence-electron chi connectivity index (χ2n) is 5.30. The van der Waals surface area contributed by atoms with Gasteiger partial charge in [0.2, 0.25) is 11.8 Å². The van der Waals surface area contributed by atoms with Crippen LogP contribution in [-0.2, 0) is 4.74 Å². The van der Waals surface area contributed by atoms with Crippen LogP contribution >= 0.6 is 0 Å². The van der Waals surface area contributed by atoms with Gasteiger partial charge in [-0.2, -0.15) is 4.39 Å². The molecule has 1 aliphatic carbocycles. The van der Waals surface area contributed by atoms with Gasteiger partial charge in [0.25, 0.3) is 0 Å². The van der Waals surface area contributed by atoms with E-state index in [2.05, 4.69) is 4.98 Å². The average molecular weight is 279 g/mol. The molecule has 108 valence electrons. The van der Waals surface area contributed by atoms with Gasteiger partial charge in [0, 0.05) is 25.5 Å². The number of nitrogens with zero attached hydrogens (tertiary/aromatic N) is 1. The summed E-state index contributed by atoms with van der Waals surface area (Å²) in [7, 11) is 0. The smallest absolute Gasteiger partial charge is 0.242 e. The van der Waals surface area contributed by atoms with Crippen molar-refractivity contribution in [3.63, 3.8) is 0 Å². The molecule has 2 rings (SSSR count). The third-order valence-electron chi connectivity index (χ3n) is 3.06. The van der Waals surface area contributed by atoms with Crippen LogP contribution in [0.4, 0.5) is 4.39 Å². The summed E-state index contributed by atoms with van der Waals surface area (Å²) >= 11 is 0. The molecule has 0 spiro atoms. The summed E-state index contributed by atoms with van der Waals surface area (Å²) in [5.41, 5.74) is 0.912. The fourth-order valence-corrected chi connectivity index (χ4v) is 2.09. The van der Waals surface area contributed by atoms with Gasteiger partial charge in [-0.05, 0) is 25.0 Å². The number of hydrogen-bond donors (Lipinski definition) is 2. The lowest BCUT2D eigenvalue weighted by Gasteiger charge is -2.34. The van der Waals surface area contributed by atoms with E-state index in [1.807, 2.05) is 6.07 Å². The molecule has 0 saturated heterocycles. The minimum absolute atomic E-state index is 0.0170. The molecule has 0 bridgehead atoms. The molecule has 0 radical (unpaired) electrons. The molecule has 0 aliphatic heterocycles. The fraction of sp³-hybridized carbons (Fsp3) is 0.500. The highest BCUT2D eigenvalue weighted by molar-refractivity contribution is 6.23. The molecule has 2 N–H and O–H groups in total. The van der Waals surface area contributed by atoms with Gasteiger partial charge >= 0.3 is 0 Å². The van der Waals surface area contributed by atoms with Gasteiger partial charge in [0.15, 0.2) is 0 Å². The maximum Gasteiger partial charge on any atom is 0.242 e. The number of pyridine rings is 1. The Morgan fingerprint density at radius 2 is 2.15 bits per heavy atom. The summed E-state index contributed by atoms with van der Waals surface area (Å²) in [6.07, 6.45) is 3.94. The molecule has 1 heterocycles. The standard InChI is InChI=1S/C14H18FN3O2/c1-14(2,15)20-10-3-4-12(18-8-10)9-5-11(6-9)19-13(17)7-16/h3-4,7-9,11,16-17H,5-6H2,1-2H3. The molecule has 1 aromatic heterocycles. The lowest BCUT2D eigenvalue weighted by Crippen LogP contribution is -2.32. The Bertz CT molecular complexity index is 490. The fourth-order valence-electron chi connectivity index (χ4n) is 2.09. The number of halogens is 1. The van der Waals surface area contributed by atoms with Crippen LogP contribution in [0.2, 0.25) is 0 Å². The monoisotopic (exact) mass is 279 g/mol. The second kappa shape index (κ2) is 5.56. The summed E-state index contributed by atoms with van der Waals surface area (Å²) in [4.78, 5) is 4.27. The van der Waals surface area contributed by atoms with E-state index >= 15 is 0 Å². The lowest BCUT2D eigenvalue weighted by molar-refractivity contribution is -0.0260. The Hall–Kier alpha value is -1.98. The number of hydrogen-bond acceptors (Lipinski definition) is 5. The highest BCUT2D eigenvalue weighted by Gasteiger charge is 2.33. The van der Waals surface area contributed by atoms with Crippen LogP contribution in [0.25, 0.3) is 0 Å². The zero-order valence-corrected chi connectivity index (χ0v) is 11.5. The zero-order chi connectivity index (χ0) is 14.8. The summed E-state index contributed by atoms with van der Waals surface area (Å²) in [5.74, 6) is -1.15. The first-order valence-electron chi connectivity index (χ1n) is 6.47. The largest absolute Gasteiger partial charge is 0.474 e. The molecule has 0 aromatic carbocycles. The van der Waals surface area contributed by atoms with Crippen molar-refractivity contribution in [2.45, 2.75) is 44.6 Å². The van der Waals surface area contributed by atoms with E-state index in [0.717, 1.165) is 24.8 Å². The molecule has 0 unspecified atom stereocenters. The van der Waals surface area contributed by atoms with E-state index in [1.165, 1.54) is 20.0 Å². The molecule has 5 nitrogen and oxygen atoms in total. The maximum absolute atomic E-state index is 13.3. The molecule has 1 fully saturated rings. The number of nitrogens with one attached hydrogen (secondary N) is 2. The van der Waals surface area contributed by atoms with Gasteiger partial charge in [-0.25, -0.2) is 0 Å². The van der Waals surface area contributed by atoms with Crippen molar-refractivity contribution in [1.29, 1.82) is 10.8 Å². The molecule has 6 heteroatoms. The van der Waals surface area contributed by atoms with Crippen molar-refractivity contribution in [3.05, 3.63) is 24.0 Å². The van der Waals surface area contributed by atoms with Crippen molar-refractivity contribution in [2.24, 2.45) is 0 Å². The van der Waals surface area contributed by atoms with Crippen molar-refractivity contribution >= 4 is 12.1 Å². The van der Waals surface area contributed by atoms with Crippen LogP contribution in [0, 0.1) is 10.8 Å². The Morgan fingerprint density at radius 3 is 2.65 bits per heavy atom. The number of alkyl halides is 1. The molecule has 20 heavy (non-hydrogen) atoms. The quantitative estimate of drug-likeness (QED) is 0.642. The highest BCUT2D eigenvalue weighted by Crippen LogP contribution is 2.38. The van der Waals surface area contributed by atoms with Crippen molar-refractivity contribution in [1.82, 2.24) is 4.98 Å². The van der Waals surface area contributed by atoms with Crippen molar-refractivity contribution < 1.29 is 13.9 Å². The topological polar surface area (TPSA) is 79.0 Å². The van der Waals surface area contributed by atoms with Crippen LogP contribution in [0.5, 0.6) is 5.75 Å². The van der Waals surface area contributed by atoms with E-state index in [9.17, 15) is 4.39 Å². The molecular formula is C14H18FN3O2. The van der Waals surface area contributed by atoms with Crippen molar-refractivity contribution in [3.8, 4) is 5.75 Å². The number of ether oxygens (including phenoxy) is 2. The third-order valence-corrected chi connectivity index (χ3v) is 3.06. The number of aromatic nitrogens is 1. The Morgan fingerprint density at radius 1 is 1.45 bits per heavy atom. The van der Waals surface area contributed by atoms with Crippen LogP contribution < -0.4 is 4.74 Å². The molecular weight excluding hydrogens is 261 g/mol. The Labute approximate surface area is 117 Å². The first kappa shape index (κ1) is 14.4. The Balaban J connectivity index is 1.86. The van der Waals surface area contributed by atoms with E-state index in [4.69, 9.17) is 20.3 Å². The number of rotatable bonds is 5. The first-order valence-corrected chi connectivity index (χ1v) is 6.47. The second-order valence-corrected chi connectivity index (χ2v) is 5.30. The summed E-state index contributed by atoms with van der Waals surface area (Å²) < 4.78 is 23.6. The molecule has 0 amide bonds. The van der Waals surface area contributed by atoms with Gasteiger partial charge < -0.3 is 14.9 Å². The molecule has 0 atom stereocenters. The average Bonchev–Trinajstić information content (AvgIpc) is 2.32. The van der Waals surface area contributed by atoms with Crippen LogP contribution in [0.1, 0.15) is 38.3 Å².